The van der Waals surface area contributed by atoms with E-state index in [0.29, 0.717) is 0 Å². The van der Waals surface area contributed by atoms with E-state index in [0.717, 1.165) is 0 Å². The Balaban J connectivity index is -0.0000000720. The van der Waals surface area contributed by atoms with Crippen LogP contribution >= 0.6 is 0 Å². The van der Waals surface area contributed by atoms with Gasteiger partial charge in [-0.05, 0) is 0 Å². The maximum Gasteiger partial charge on any atom is 3.00 e. The molecule has 8 nitrogen and oxygen atoms in total. The van der Waals surface area contributed by atoms with Crippen molar-refractivity contribution >= 4 is 0 Å². The Kier molecular flexibility index (Phi) is 17.4. The maximum atomic E-state index is 8.25. The number of rotatable bonds is 0. The van der Waals surface area contributed by atoms with Gasteiger partial charge in [0.25, 0.3) is 0 Å². The molecule has 0 saturated heterocycles. The third-order valence-electron chi connectivity index (χ3n) is 0. The van der Waals surface area contributed by atoms with Crippen LogP contribution < -0.4 is 0 Å². The molecule has 0 saturated carbocycles. The molecule has 0 heterocycles. The van der Waals surface area contributed by atoms with E-state index in [9.17, 15) is 0 Å². The third-order valence-corrected chi connectivity index (χ3v) is 0. The second kappa shape index (κ2) is 10.0. The fraction of sp³-hybridized carbons (Fsp3) is 0. The van der Waals surface area contributed by atoms with Crippen LogP contribution in [0, 0.1) is 30.6 Å². The van der Waals surface area contributed by atoms with Crippen LogP contribution in [-0.2, 0) is 16.8 Å². The van der Waals surface area contributed by atoms with Crippen LogP contribution in [0.15, 0.2) is 0 Å². The SMILES string of the molecule is O=[N+]([O-])[O-].O=[N+]([O-])[O-].[Co+3]. The summed E-state index contributed by atoms with van der Waals surface area (Å²) in [6.45, 7) is 0. The molecule has 0 amide bonds. The largest absolute Gasteiger partial charge is 3.00 e. The minimum atomic E-state index is -1.75. The van der Waals surface area contributed by atoms with Gasteiger partial charge in [-0.2, -0.15) is 0 Å². The molecule has 0 aromatic rings. The van der Waals surface area contributed by atoms with Gasteiger partial charge in [0.05, 0.1) is 10.2 Å². The van der Waals surface area contributed by atoms with Crippen LogP contribution in [0.5, 0.6) is 0 Å². The molecule has 0 rings (SSSR count). The molecule has 0 aromatic heterocycles. The summed E-state index contributed by atoms with van der Waals surface area (Å²) in [5, 5.41) is 29.5. The quantitative estimate of drug-likeness (QED) is 0.367. The standard InChI is InChI=1S/Co.2NO3/c;2*2-1(3)4/q+3;2*-1. The Labute approximate surface area is 58.5 Å². The van der Waals surface area contributed by atoms with Crippen LogP contribution in [0.1, 0.15) is 0 Å². The maximum absolute atomic E-state index is 8.25. The summed E-state index contributed by atoms with van der Waals surface area (Å²) in [6.07, 6.45) is 0. The summed E-state index contributed by atoms with van der Waals surface area (Å²) < 4.78 is 0. The molecule has 9 heavy (non-hydrogen) atoms. The topological polar surface area (TPSA) is 132 Å². The van der Waals surface area contributed by atoms with Crippen molar-refractivity contribution < 1.29 is 27.0 Å². The van der Waals surface area contributed by atoms with E-state index >= 15 is 0 Å². The molecule has 0 unspecified atom stereocenters. The molecule has 0 aliphatic carbocycles. The summed E-state index contributed by atoms with van der Waals surface area (Å²) in [5.74, 6) is 0. The summed E-state index contributed by atoms with van der Waals surface area (Å²) in [4.78, 5) is 16.5. The molecule has 0 bridgehead atoms. The van der Waals surface area contributed by atoms with Crippen LogP contribution in [0.4, 0.5) is 0 Å². The normalized spacial score (nSPS) is 5.33. The van der Waals surface area contributed by atoms with Gasteiger partial charge < -0.3 is 30.6 Å². The van der Waals surface area contributed by atoms with Crippen LogP contribution in [-0.4, -0.2) is 10.2 Å². The molecule has 0 atom stereocenters. The van der Waals surface area contributed by atoms with Gasteiger partial charge >= 0.3 is 16.8 Å². The number of hydrogen-bond acceptors (Lipinski definition) is 6. The zero-order chi connectivity index (χ0) is 7.15. The molecule has 0 aromatic carbocycles. The van der Waals surface area contributed by atoms with E-state index in [1.54, 1.807) is 0 Å². The summed E-state index contributed by atoms with van der Waals surface area (Å²) >= 11 is 0. The average molecular weight is 183 g/mol. The summed E-state index contributed by atoms with van der Waals surface area (Å²) in [7, 11) is 0. The van der Waals surface area contributed by atoms with Gasteiger partial charge in [-0.1, -0.05) is 0 Å². The molecule has 9 heteroatoms. The fourth-order valence-corrected chi connectivity index (χ4v) is 0. The first kappa shape index (κ1) is 15.7. The predicted molar refractivity (Wildman–Crippen MR) is 20.7 cm³/mol. The third kappa shape index (κ3) is 139. The van der Waals surface area contributed by atoms with Crippen molar-refractivity contribution in [3.63, 3.8) is 0 Å². The van der Waals surface area contributed by atoms with E-state index in [1.165, 1.54) is 0 Å². The minimum absolute atomic E-state index is 0. The second-order valence-corrected chi connectivity index (χ2v) is 0.447. The zero-order valence-electron chi connectivity index (χ0n) is 3.68. The second-order valence-electron chi connectivity index (χ2n) is 0.447. The van der Waals surface area contributed by atoms with Gasteiger partial charge in [0.2, 0.25) is 0 Å². The van der Waals surface area contributed by atoms with E-state index in [4.69, 9.17) is 30.6 Å². The molecule has 0 aliphatic rings. The van der Waals surface area contributed by atoms with Crippen LogP contribution in [0.25, 0.3) is 0 Å². The monoisotopic (exact) mass is 183 g/mol. The summed E-state index contributed by atoms with van der Waals surface area (Å²) in [5.41, 5.74) is 0. The summed E-state index contributed by atoms with van der Waals surface area (Å²) in [6, 6.07) is 0. The Bertz CT molecular complexity index is 69.1. The van der Waals surface area contributed by atoms with Crippen molar-refractivity contribution in [2.45, 2.75) is 0 Å². The zero-order valence-corrected chi connectivity index (χ0v) is 4.72. The van der Waals surface area contributed by atoms with E-state index in [1.807, 2.05) is 0 Å². The van der Waals surface area contributed by atoms with Crippen molar-refractivity contribution in [2.75, 3.05) is 0 Å². The van der Waals surface area contributed by atoms with E-state index in [2.05, 4.69) is 0 Å². The number of nitrogens with zero attached hydrogens (tertiary/aromatic N) is 2. The number of hydrogen-bond donors (Lipinski definition) is 0. The molecule has 0 radical (unpaired) electrons. The van der Waals surface area contributed by atoms with Crippen molar-refractivity contribution in [1.82, 2.24) is 0 Å². The van der Waals surface area contributed by atoms with Gasteiger partial charge in [0.1, 0.15) is 0 Å². The van der Waals surface area contributed by atoms with Gasteiger partial charge in [0.15, 0.2) is 0 Å². The Morgan fingerprint density at radius 3 is 0.778 bits per heavy atom. The first-order chi connectivity index (χ1) is 3.46. The first-order valence-electron chi connectivity index (χ1n) is 1.10. The Hall–Kier alpha value is -1.09. The fourth-order valence-electron chi connectivity index (χ4n) is 0. The smallest absolute Gasteiger partial charge is 0.356 e. The molecular weight excluding hydrogens is 183 g/mol. The van der Waals surface area contributed by atoms with Gasteiger partial charge in [-0.25, -0.2) is 0 Å². The predicted octanol–water partition coefficient (Wildman–Crippen LogP) is -0.481. The molecular formula is CoN2O6+. The van der Waals surface area contributed by atoms with Crippen molar-refractivity contribution in [2.24, 2.45) is 0 Å². The molecule has 0 spiro atoms. The van der Waals surface area contributed by atoms with Gasteiger partial charge in [-0.3, -0.25) is 0 Å². The van der Waals surface area contributed by atoms with Gasteiger partial charge in [-0.15, -0.1) is 0 Å². The molecule has 54 valence electrons. The Morgan fingerprint density at radius 2 is 0.778 bits per heavy atom. The minimum Gasteiger partial charge on any atom is -0.356 e. The van der Waals surface area contributed by atoms with E-state index in [-0.39, 0.29) is 16.8 Å². The molecule has 0 fully saturated rings. The van der Waals surface area contributed by atoms with Crippen LogP contribution in [0.2, 0.25) is 0 Å². The van der Waals surface area contributed by atoms with Crippen LogP contribution in [0.3, 0.4) is 0 Å². The molecule has 0 N–H and O–H groups in total. The Morgan fingerprint density at radius 1 is 0.778 bits per heavy atom. The van der Waals surface area contributed by atoms with Crippen molar-refractivity contribution in [1.29, 1.82) is 0 Å². The van der Waals surface area contributed by atoms with E-state index < -0.39 is 10.2 Å². The first-order valence-corrected chi connectivity index (χ1v) is 1.10. The van der Waals surface area contributed by atoms with Gasteiger partial charge in [0, 0.05) is 0 Å². The molecule has 0 aliphatic heterocycles. The van der Waals surface area contributed by atoms with Crippen molar-refractivity contribution in [3.05, 3.63) is 30.6 Å². The average Bonchev–Trinajstić information content (AvgIpc) is 1.25. The van der Waals surface area contributed by atoms with Crippen molar-refractivity contribution in [3.8, 4) is 0 Å².